The second-order valence-electron chi connectivity index (χ2n) is 8.07. The summed E-state index contributed by atoms with van der Waals surface area (Å²) in [5.41, 5.74) is 6.38. The van der Waals surface area contributed by atoms with Crippen LogP contribution in [-0.4, -0.2) is 35.0 Å². The van der Waals surface area contributed by atoms with Gasteiger partial charge in [0.1, 0.15) is 5.69 Å². The number of fused-ring (bicyclic) bond motifs is 1. The van der Waals surface area contributed by atoms with Crippen molar-refractivity contribution in [2.45, 2.75) is 46.3 Å². The first-order chi connectivity index (χ1) is 13.9. The molecule has 5 heteroatoms. The normalized spacial score (nSPS) is 16.5. The second-order valence-corrected chi connectivity index (χ2v) is 8.92. The van der Waals surface area contributed by atoms with Gasteiger partial charge in [0.05, 0.1) is 6.10 Å². The number of aromatic amines is 1. The highest BCUT2D eigenvalue weighted by Gasteiger charge is 2.25. The van der Waals surface area contributed by atoms with E-state index in [0.29, 0.717) is 18.8 Å². The zero-order valence-corrected chi connectivity index (χ0v) is 18.8. The van der Waals surface area contributed by atoms with Crippen LogP contribution in [0.2, 0.25) is 0 Å². The number of aromatic nitrogens is 1. The van der Waals surface area contributed by atoms with E-state index in [-0.39, 0.29) is 12.0 Å². The number of aryl methyl sites for hydroxylation is 3. The lowest BCUT2D eigenvalue weighted by atomic mass is 10.1. The van der Waals surface area contributed by atoms with Crippen molar-refractivity contribution in [3.05, 3.63) is 68.8 Å². The number of rotatable bonds is 5. The predicted octanol–water partition coefficient (Wildman–Crippen LogP) is 5.68. The van der Waals surface area contributed by atoms with Crippen LogP contribution in [0, 0.1) is 20.8 Å². The highest BCUT2D eigenvalue weighted by molar-refractivity contribution is 9.10. The van der Waals surface area contributed by atoms with Crippen LogP contribution in [0.4, 0.5) is 0 Å². The molecule has 1 amide bonds. The average Bonchev–Trinajstić information content (AvgIpc) is 3.35. The summed E-state index contributed by atoms with van der Waals surface area (Å²) in [6.45, 7) is 8.21. The number of ether oxygens (including phenoxy) is 1. The summed E-state index contributed by atoms with van der Waals surface area (Å²) in [6, 6.07) is 12.4. The summed E-state index contributed by atoms with van der Waals surface area (Å²) < 4.78 is 6.87. The quantitative estimate of drug-likeness (QED) is 0.538. The Kier molecular flexibility index (Phi) is 5.79. The lowest BCUT2D eigenvalue weighted by Gasteiger charge is -2.26. The Labute approximate surface area is 180 Å². The van der Waals surface area contributed by atoms with Gasteiger partial charge < -0.3 is 14.6 Å². The number of nitrogens with one attached hydrogen (secondary N) is 1. The molecule has 2 aromatic carbocycles. The number of H-pyrrole nitrogens is 1. The highest BCUT2D eigenvalue weighted by atomic mass is 79.9. The van der Waals surface area contributed by atoms with E-state index < -0.39 is 0 Å². The molecule has 152 valence electrons. The fraction of sp³-hybridized carbons (Fsp3) is 0.375. The van der Waals surface area contributed by atoms with E-state index in [4.69, 9.17) is 4.74 Å². The standard InChI is InChI=1S/C24H27BrN2O2/c1-15-6-8-18(21(25)11-15)13-27(14-19-5-4-10-29-19)24(28)23-12-20-17(3)16(2)7-9-22(20)26-23/h6-9,11-12,19,26H,4-5,10,13-14H2,1-3H3. The molecule has 1 unspecified atom stereocenters. The van der Waals surface area contributed by atoms with Crippen LogP contribution in [0.3, 0.4) is 0 Å². The van der Waals surface area contributed by atoms with Crippen molar-refractivity contribution in [2.75, 3.05) is 13.2 Å². The van der Waals surface area contributed by atoms with E-state index in [1.54, 1.807) is 0 Å². The molecule has 1 aliphatic heterocycles. The molecule has 0 spiro atoms. The summed E-state index contributed by atoms with van der Waals surface area (Å²) >= 11 is 3.66. The summed E-state index contributed by atoms with van der Waals surface area (Å²) in [6.07, 6.45) is 2.17. The maximum atomic E-state index is 13.5. The fourth-order valence-electron chi connectivity index (χ4n) is 3.98. The fourth-order valence-corrected chi connectivity index (χ4v) is 4.60. The maximum absolute atomic E-state index is 13.5. The van der Waals surface area contributed by atoms with E-state index in [9.17, 15) is 4.79 Å². The Bertz CT molecular complexity index is 1050. The van der Waals surface area contributed by atoms with Gasteiger partial charge in [0, 0.05) is 35.1 Å². The minimum atomic E-state index is 0.0150. The van der Waals surface area contributed by atoms with Crippen LogP contribution in [0.25, 0.3) is 10.9 Å². The van der Waals surface area contributed by atoms with Crippen molar-refractivity contribution in [1.82, 2.24) is 9.88 Å². The van der Waals surface area contributed by atoms with Crippen LogP contribution >= 0.6 is 15.9 Å². The minimum Gasteiger partial charge on any atom is -0.376 e. The van der Waals surface area contributed by atoms with Crippen molar-refractivity contribution < 1.29 is 9.53 Å². The van der Waals surface area contributed by atoms with Gasteiger partial charge >= 0.3 is 0 Å². The van der Waals surface area contributed by atoms with Crippen molar-refractivity contribution in [3.63, 3.8) is 0 Å². The van der Waals surface area contributed by atoms with E-state index in [1.165, 1.54) is 16.7 Å². The molecule has 1 fully saturated rings. The summed E-state index contributed by atoms with van der Waals surface area (Å²) in [4.78, 5) is 18.8. The van der Waals surface area contributed by atoms with E-state index in [2.05, 4.69) is 72.0 Å². The molecule has 3 aromatic rings. The van der Waals surface area contributed by atoms with E-state index >= 15 is 0 Å². The number of hydrogen-bond donors (Lipinski definition) is 1. The monoisotopic (exact) mass is 454 g/mol. The van der Waals surface area contributed by atoms with Gasteiger partial charge in [-0.05, 0) is 74.1 Å². The molecular formula is C24H27BrN2O2. The Morgan fingerprint density at radius 1 is 1.21 bits per heavy atom. The Hall–Kier alpha value is -2.11. The largest absolute Gasteiger partial charge is 0.376 e. The molecular weight excluding hydrogens is 428 g/mol. The Morgan fingerprint density at radius 2 is 2.03 bits per heavy atom. The first kappa shape index (κ1) is 20.2. The number of hydrogen-bond acceptors (Lipinski definition) is 2. The zero-order valence-electron chi connectivity index (χ0n) is 17.2. The SMILES string of the molecule is Cc1ccc(CN(CC2CCCO2)C(=O)c2cc3c(C)c(C)ccc3[nH]2)c(Br)c1. The van der Waals surface area contributed by atoms with Crippen LogP contribution < -0.4 is 0 Å². The third-order valence-corrected chi connectivity index (χ3v) is 6.62. The van der Waals surface area contributed by atoms with Crippen LogP contribution in [0.5, 0.6) is 0 Å². The molecule has 29 heavy (non-hydrogen) atoms. The number of nitrogens with zero attached hydrogens (tertiary/aromatic N) is 1. The van der Waals surface area contributed by atoms with Gasteiger partial charge in [-0.1, -0.05) is 34.1 Å². The van der Waals surface area contributed by atoms with Gasteiger partial charge in [-0.15, -0.1) is 0 Å². The minimum absolute atomic E-state index is 0.0150. The Morgan fingerprint density at radius 3 is 2.76 bits per heavy atom. The number of halogens is 1. The molecule has 1 saturated heterocycles. The number of benzene rings is 2. The van der Waals surface area contributed by atoms with Crippen molar-refractivity contribution >= 4 is 32.7 Å². The first-order valence-electron chi connectivity index (χ1n) is 10.2. The van der Waals surface area contributed by atoms with Crippen LogP contribution in [-0.2, 0) is 11.3 Å². The zero-order chi connectivity index (χ0) is 20.5. The summed E-state index contributed by atoms with van der Waals surface area (Å²) in [5, 5.41) is 1.11. The smallest absolute Gasteiger partial charge is 0.270 e. The van der Waals surface area contributed by atoms with Gasteiger partial charge in [-0.3, -0.25) is 4.79 Å². The molecule has 0 radical (unpaired) electrons. The second kappa shape index (κ2) is 8.33. The third-order valence-electron chi connectivity index (χ3n) is 5.88. The predicted molar refractivity (Wildman–Crippen MR) is 120 cm³/mol. The number of carbonyl (C=O) groups excluding carboxylic acids is 1. The molecule has 1 atom stereocenters. The summed E-state index contributed by atoms with van der Waals surface area (Å²) in [5.74, 6) is 0.0150. The molecule has 1 aliphatic rings. The maximum Gasteiger partial charge on any atom is 0.270 e. The topological polar surface area (TPSA) is 45.3 Å². The molecule has 0 aliphatic carbocycles. The van der Waals surface area contributed by atoms with E-state index in [1.807, 2.05) is 11.0 Å². The highest BCUT2D eigenvalue weighted by Crippen LogP contribution is 2.26. The molecule has 1 aromatic heterocycles. The van der Waals surface area contributed by atoms with Gasteiger partial charge in [0.15, 0.2) is 0 Å². The summed E-state index contributed by atoms with van der Waals surface area (Å²) in [7, 11) is 0. The van der Waals surface area contributed by atoms with Crippen molar-refractivity contribution in [3.8, 4) is 0 Å². The van der Waals surface area contributed by atoms with Crippen LogP contribution in [0.1, 0.15) is 45.6 Å². The number of amides is 1. The first-order valence-corrected chi connectivity index (χ1v) is 11.0. The molecule has 0 saturated carbocycles. The van der Waals surface area contributed by atoms with Gasteiger partial charge in [-0.25, -0.2) is 0 Å². The Balaban J connectivity index is 1.65. The van der Waals surface area contributed by atoms with Gasteiger partial charge in [-0.2, -0.15) is 0 Å². The lowest BCUT2D eigenvalue weighted by Crippen LogP contribution is -2.37. The molecule has 0 bridgehead atoms. The molecule has 4 nitrogen and oxygen atoms in total. The lowest BCUT2D eigenvalue weighted by molar-refractivity contribution is 0.0503. The van der Waals surface area contributed by atoms with Crippen LogP contribution in [0.15, 0.2) is 40.9 Å². The third kappa shape index (κ3) is 4.26. The number of carbonyl (C=O) groups is 1. The van der Waals surface area contributed by atoms with E-state index in [0.717, 1.165) is 40.4 Å². The van der Waals surface area contributed by atoms with Gasteiger partial charge in [0.25, 0.3) is 5.91 Å². The molecule has 2 heterocycles. The molecule has 4 rings (SSSR count). The molecule has 1 N–H and O–H groups in total. The van der Waals surface area contributed by atoms with Crippen molar-refractivity contribution in [2.24, 2.45) is 0 Å². The average molecular weight is 455 g/mol. The van der Waals surface area contributed by atoms with Crippen molar-refractivity contribution in [1.29, 1.82) is 0 Å². The van der Waals surface area contributed by atoms with Gasteiger partial charge in [0.2, 0.25) is 0 Å².